The maximum Gasteiger partial charge on any atom is 0.416 e. The summed E-state index contributed by atoms with van der Waals surface area (Å²) in [5, 5.41) is 0.480. The number of nitrogens with zero attached hydrogens (tertiary/aromatic N) is 3. The van der Waals surface area contributed by atoms with E-state index < -0.39 is 23.8 Å². The number of hydrogen-bond donors (Lipinski definition) is 0. The summed E-state index contributed by atoms with van der Waals surface area (Å²) in [6.07, 6.45) is -1.55. The highest BCUT2D eigenvalue weighted by atomic mass is 35.5. The van der Waals surface area contributed by atoms with Crippen LogP contribution in [0.5, 0.6) is 0 Å². The van der Waals surface area contributed by atoms with E-state index in [2.05, 4.69) is 0 Å². The first-order valence-electron chi connectivity index (χ1n) is 10.5. The summed E-state index contributed by atoms with van der Waals surface area (Å²) in [6, 6.07) is 10.4. The van der Waals surface area contributed by atoms with Crippen LogP contribution in [0.1, 0.15) is 36.4 Å². The molecular weight excluding hydrogens is 443 g/mol. The van der Waals surface area contributed by atoms with Gasteiger partial charge in [-0.05, 0) is 61.2 Å². The molecule has 32 heavy (non-hydrogen) atoms. The van der Waals surface area contributed by atoms with Gasteiger partial charge in [-0.25, -0.2) is 4.79 Å². The van der Waals surface area contributed by atoms with Gasteiger partial charge in [-0.3, -0.25) is 9.69 Å². The standard InChI is InChI=1S/C23H23ClF3N3O2/c24-18-7-9-19(10-8-18)30-20(16-5-4-6-17(13-16)23(25,26)27)14-29(22(30)32)15-21(31)28-11-2-1-3-12-28/h4-10,13,20H,1-3,11-12,14-15H2/t20-/m1/s1. The number of hydrogen-bond acceptors (Lipinski definition) is 2. The van der Waals surface area contributed by atoms with Crippen LogP contribution in [0.4, 0.5) is 23.7 Å². The van der Waals surface area contributed by atoms with Crippen LogP contribution in [0.2, 0.25) is 5.02 Å². The van der Waals surface area contributed by atoms with Crippen molar-refractivity contribution in [3.05, 3.63) is 64.7 Å². The zero-order valence-electron chi connectivity index (χ0n) is 17.3. The van der Waals surface area contributed by atoms with E-state index in [1.165, 1.54) is 15.9 Å². The minimum Gasteiger partial charge on any atom is -0.341 e. The van der Waals surface area contributed by atoms with Gasteiger partial charge < -0.3 is 9.80 Å². The highest BCUT2D eigenvalue weighted by Crippen LogP contribution is 2.37. The summed E-state index contributed by atoms with van der Waals surface area (Å²) in [5.41, 5.74) is 0.0899. The summed E-state index contributed by atoms with van der Waals surface area (Å²) in [6.45, 7) is 1.35. The number of amides is 3. The van der Waals surface area contributed by atoms with Gasteiger partial charge in [-0.1, -0.05) is 23.7 Å². The molecule has 170 valence electrons. The van der Waals surface area contributed by atoms with Crippen LogP contribution in [-0.2, 0) is 11.0 Å². The van der Waals surface area contributed by atoms with Crippen molar-refractivity contribution in [3.8, 4) is 0 Å². The second-order valence-corrected chi connectivity index (χ2v) is 8.53. The van der Waals surface area contributed by atoms with Gasteiger partial charge in [0.05, 0.1) is 11.6 Å². The lowest BCUT2D eigenvalue weighted by molar-refractivity contribution is -0.137. The first kappa shape index (κ1) is 22.5. The lowest BCUT2D eigenvalue weighted by Gasteiger charge is -2.28. The minimum absolute atomic E-state index is 0.0988. The largest absolute Gasteiger partial charge is 0.416 e. The highest BCUT2D eigenvalue weighted by Gasteiger charge is 2.41. The maximum absolute atomic E-state index is 13.3. The molecule has 3 amide bonds. The predicted molar refractivity (Wildman–Crippen MR) is 116 cm³/mol. The Morgan fingerprint density at radius 2 is 1.72 bits per heavy atom. The molecule has 0 aromatic heterocycles. The van der Waals surface area contributed by atoms with Crippen molar-refractivity contribution in [1.82, 2.24) is 9.80 Å². The molecule has 2 aromatic carbocycles. The fourth-order valence-corrected chi connectivity index (χ4v) is 4.39. The van der Waals surface area contributed by atoms with Gasteiger partial charge in [0.1, 0.15) is 6.54 Å². The number of carbonyl (C=O) groups is 2. The van der Waals surface area contributed by atoms with Crippen LogP contribution in [0.3, 0.4) is 0 Å². The molecule has 2 fully saturated rings. The van der Waals surface area contributed by atoms with E-state index in [1.807, 2.05) is 0 Å². The van der Waals surface area contributed by atoms with Crippen molar-refractivity contribution in [2.75, 3.05) is 31.1 Å². The number of alkyl halides is 3. The molecule has 0 spiro atoms. The number of urea groups is 1. The van der Waals surface area contributed by atoms with E-state index in [9.17, 15) is 22.8 Å². The van der Waals surface area contributed by atoms with Crippen molar-refractivity contribution in [1.29, 1.82) is 0 Å². The van der Waals surface area contributed by atoms with E-state index in [0.29, 0.717) is 29.4 Å². The predicted octanol–water partition coefficient (Wildman–Crippen LogP) is 5.35. The molecule has 1 atom stereocenters. The van der Waals surface area contributed by atoms with E-state index >= 15 is 0 Å². The normalized spacial score (nSPS) is 19.6. The summed E-state index contributed by atoms with van der Waals surface area (Å²) in [5.74, 6) is -0.140. The average Bonchev–Trinajstić information content (AvgIpc) is 3.10. The van der Waals surface area contributed by atoms with Crippen LogP contribution in [0.25, 0.3) is 0 Å². The number of halogens is 4. The fraction of sp³-hybridized carbons (Fsp3) is 0.391. The van der Waals surface area contributed by atoms with Crippen molar-refractivity contribution in [3.63, 3.8) is 0 Å². The SMILES string of the molecule is O=C(CN1C[C@H](c2cccc(C(F)(F)F)c2)N(c2ccc(Cl)cc2)C1=O)N1CCCCC1. The van der Waals surface area contributed by atoms with E-state index in [4.69, 9.17) is 11.6 Å². The van der Waals surface area contributed by atoms with Gasteiger partial charge in [-0.15, -0.1) is 0 Å². The lowest BCUT2D eigenvalue weighted by Crippen LogP contribution is -2.44. The molecule has 5 nitrogen and oxygen atoms in total. The molecule has 9 heteroatoms. The molecule has 0 radical (unpaired) electrons. The smallest absolute Gasteiger partial charge is 0.341 e. The first-order chi connectivity index (χ1) is 15.2. The van der Waals surface area contributed by atoms with Crippen LogP contribution >= 0.6 is 11.6 Å². The van der Waals surface area contributed by atoms with Gasteiger partial charge >= 0.3 is 12.2 Å². The number of carbonyl (C=O) groups excluding carboxylic acids is 2. The molecule has 2 aliphatic heterocycles. The maximum atomic E-state index is 13.3. The molecule has 0 saturated carbocycles. The van der Waals surface area contributed by atoms with Crippen LogP contribution in [-0.4, -0.2) is 47.9 Å². The lowest BCUT2D eigenvalue weighted by atomic mass is 10.0. The molecule has 0 N–H and O–H groups in total. The Bertz CT molecular complexity index is 991. The third-order valence-electron chi connectivity index (χ3n) is 5.92. The second-order valence-electron chi connectivity index (χ2n) is 8.09. The van der Waals surface area contributed by atoms with Gasteiger partial charge in [0.25, 0.3) is 0 Å². The number of likely N-dealkylation sites (tertiary alicyclic amines) is 1. The van der Waals surface area contributed by atoms with Crippen LogP contribution in [0.15, 0.2) is 48.5 Å². The Morgan fingerprint density at radius 3 is 2.38 bits per heavy atom. The minimum atomic E-state index is -4.49. The zero-order chi connectivity index (χ0) is 22.9. The van der Waals surface area contributed by atoms with Crippen molar-refractivity contribution < 1.29 is 22.8 Å². The van der Waals surface area contributed by atoms with Crippen molar-refractivity contribution in [2.45, 2.75) is 31.5 Å². The van der Waals surface area contributed by atoms with E-state index in [1.54, 1.807) is 35.2 Å². The number of rotatable bonds is 4. The summed E-state index contributed by atoms with van der Waals surface area (Å²) < 4.78 is 39.9. The van der Waals surface area contributed by atoms with Gasteiger partial charge in [0.15, 0.2) is 0 Å². The quantitative estimate of drug-likeness (QED) is 0.610. The summed E-state index contributed by atoms with van der Waals surface area (Å²) >= 11 is 5.97. The monoisotopic (exact) mass is 465 g/mol. The summed E-state index contributed by atoms with van der Waals surface area (Å²) in [7, 11) is 0. The first-order valence-corrected chi connectivity index (χ1v) is 10.9. The zero-order valence-corrected chi connectivity index (χ0v) is 18.1. The third-order valence-corrected chi connectivity index (χ3v) is 6.17. The molecule has 0 bridgehead atoms. The van der Waals surface area contributed by atoms with Gasteiger partial charge in [0, 0.05) is 30.3 Å². The topological polar surface area (TPSA) is 43.9 Å². The molecule has 2 saturated heterocycles. The molecule has 0 aliphatic carbocycles. The number of anilines is 1. The van der Waals surface area contributed by atoms with Crippen LogP contribution < -0.4 is 4.90 Å². The average molecular weight is 466 g/mol. The molecule has 2 heterocycles. The Hall–Kier alpha value is -2.74. The number of piperidine rings is 1. The van der Waals surface area contributed by atoms with Crippen LogP contribution in [0, 0.1) is 0 Å². The second kappa shape index (κ2) is 9.02. The highest BCUT2D eigenvalue weighted by molar-refractivity contribution is 6.30. The fourth-order valence-electron chi connectivity index (χ4n) is 4.26. The molecule has 0 unspecified atom stereocenters. The molecular formula is C23H23ClF3N3O2. The molecule has 4 rings (SSSR count). The Labute approximate surface area is 189 Å². The molecule has 2 aliphatic rings. The summed E-state index contributed by atoms with van der Waals surface area (Å²) in [4.78, 5) is 30.7. The Morgan fingerprint density at radius 1 is 1.03 bits per heavy atom. The van der Waals surface area contributed by atoms with Gasteiger partial charge in [-0.2, -0.15) is 13.2 Å². The van der Waals surface area contributed by atoms with Gasteiger partial charge in [0.2, 0.25) is 5.91 Å². The third kappa shape index (κ3) is 4.70. The van der Waals surface area contributed by atoms with Crippen molar-refractivity contribution >= 4 is 29.2 Å². The number of benzene rings is 2. The molecule has 2 aromatic rings. The Balaban J connectivity index is 1.64. The van der Waals surface area contributed by atoms with Crippen molar-refractivity contribution in [2.24, 2.45) is 0 Å². The van der Waals surface area contributed by atoms with E-state index in [-0.39, 0.29) is 19.0 Å². The Kier molecular flexibility index (Phi) is 6.33. The van der Waals surface area contributed by atoms with E-state index in [0.717, 1.165) is 31.4 Å².